The van der Waals surface area contributed by atoms with Crippen LogP contribution in [0.1, 0.15) is 21.5 Å². The molecule has 0 amide bonds. The van der Waals surface area contributed by atoms with Crippen LogP contribution in [0.2, 0.25) is 0 Å². The Balaban J connectivity index is 1.71. The highest BCUT2D eigenvalue weighted by atomic mass is 16.5. The van der Waals surface area contributed by atoms with Crippen molar-refractivity contribution in [1.82, 2.24) is 0 Å². The van der Waals surface area contributed by atoms with E-state index in [1.807, 2.05) is 30.3 Å². The molecule has 0 N–H and O–H groups in total. The highest BCUT2D eigenvalue weighted by Crippen LogP contribution is 2.30. The Morgan fingerprint density at radius 1 is 0.759 bits per heavy atom. The molecule has 0 aliphatic carbocycles. The monoisotopic (exact) mass is 382 g/mol. The highest BCUT2D eigenvalue weighted by Gasteiger charge is 2.09. The number of rotatable bonds is 5. The molecule has 0 aliphatic heterocycles. The maximum absolute atomic E-state index is 11.8. The number of benzene rings is 4. The van der Waals surface area contributed by atoms with Crippen LogP contribution >= 0.6 is 0 Å². The van der Waals surface area contributed by atoms with Gasteiger partial charge in [0.2, 0.25) is 0 Å². The molecule has 0 heterocycles. The van der Waals surface area contributed by atoms with Gasteiger partial charge in [-0.05, 0) is 63.4 Å². The van der Waals surface area contributed by atoms with E-state index in [9.17, 15) is 4.79 Å². The minimum atomic E-state index is -0.323. The summed E-state index contributed by atoms with van der Waals surface area (Å²) in [5, 5.41) is 2.09. The summed E-state index contributed by atoms with van der Waals surface area (Å²) in [6.45, 7) is 0. The Kier molecular flexibility index (Phi) is 5.30. The van der Waals surface area contributed by atoms with Gasteiger partial charge in [-0.1, -0.05) is 54.6 Å². The van der Waals surface area contributed by atoms with Crippen molar-refractivity contribution in [3.63, 3.8) is 0 Å². The number of hydrogen-bond acceptors (Lipinski definition) is 3. The summed E-state index contributed by atoms with van der Waals surface area (Å²) in [6.07, 6.45) is 0.813. The van der Waals surface area contributed by atoms with Gasteiger partial charge >= 0.3 is 5.97 Å². The van der Waals surface area contributed by atoms with Gasteiger partial charge in [0.15, 0.2) is 0 Å². The Bertz CT molecular complexity index is 1160. The maximum Gasteiger partial charge on any atom is 0.337 e. The molecule has 0 radical (unpaired) electrons. The molecule has 0 spiro atoms. The maximum atomic E-state index is 11.8. The summed E-state index contributed by atoms with van der Waals surface area (Å²) < 4.78 is 10.4. The SMILES string of the molecule is COC(=O)c1ccc2cc(-c3ccc(OC)c(Cc4ccccc4)c3)ccc2c1. The molecule has 0 aromatic heterocycles. The van der Waals surface area contributed by atoms with Crippen LogP contribution in [0.4, 0.5) is 0 Å². The lowest BCUT2D eigenvalue weighted by Gasteiger charge is -2.12. The van der Waals surface area contributed by atoms with E-state index in [-0.39, 0.29) is 5.97 Å². The molecule has 0 saturated heterocycles. The summed E-state index contributed by atoms with van der Waals surface area (Å²) in [5.74, 6) is 0.567. The summed E-state index contributed by atoms with van der Waals surface area (Å²) in [5.41, 5.74) is 5.22. The van der Waals surface area contributed by atoms with E-state index >= 15 is 0 Å². The molecule has 0 saturated carbocycles. The van der Waals surface area contributed by atoms with E-state index in [4.69, 9.17) is 9.47 Å². The van der Waals surface area contributed by atoms with E-state index in [2.05, 4.69) is 48.5 Å². The Morgan fingerprint density at radius 3 is 2.21 bits per heavy atom. The van der Waals surface area contributed by atoms with Gasteiger partial charge in [0.25, 0.3) is 0 Å². The first-order chi connectivity index (χ1) is 14.2. The number of fused-ring (bicyclic) bond motifs is 1. The van der Waals surface area contributed by atoms with Gasteiger partial charge in [-0.25, -0.2) is 4.79 Å². The number of hydrogen-bond donors (Lipinski definition) is 0. The van der Waals surface area contributed by atoms with Gasteiger partial charge in [0, 0.05) is 6.42 Å². The molecule has 3 heteroatoms. The van der Waals surface area contributed by atoms with E-state index in [0.29, 0.717) is 5.56 Å². The van der Waals surface area contributed by atoms with Gasteiger partial charge in [0.05, 0.1) is 19.8 Å². The highest BCUT2D eigenvalue weighted by molar-refractivity contribution is 5.96. The van der Waals surface area contributed by atoms with Crippen LogP contribution in [0.3, 0.4) is 0 Å². The smallest absolute Gasteiger partial charge is 0.337 e. The largest absolute Gasteiger partial charge is 0.496 e. The molecule has 0 unspecified atom stereocenters. The molecule has 29 heavy (non-hydrogen) atoms. The van der Waals surface area contributed by atoms with Crippen LogP contribution in [0.5, 0.6) is 5.75 Å². The molecular weight excluding hydrogens is 360 g/mol. The first kappa shape index (κ1) is 18.8. The van der Waals surface area contributed by atoms with E-state index in [1.165, 1.54) is 12.7 Å². The lowest BCUT2D eigenvalue weighted by Crippen LogP contribution is -2.00. The van der Waals surface area contributed by atoms with Crippen molar-refractivity contribution < 1.29 is 14.3 Å². The standard InChI is InChI=1S/C26H22O3/c1-28-25-13-12-22(17-24(25)14-18-6-4-3-5-7-18)19-8-9-21-16-23(26(27)29-2)11-10-20(21)15-19/h3-13,15-17H,14H2,1-2H3. The second-order valence-corrected chi connectivity index (χ2v) is 6.96. The third kappa shape index (κ3) is 3.99. The predicted molar refractivity (Wildman–Crippen MR) is 117 cm³/mol. The normalized spacial score (nSPS) is 10.7. The van der Waals surface area contributed by atoms with Crippen molar-refractivity contribution in [1.29, 1.82) is 0 Å². The van der Waals surface area contributed by atoms with Crippen LogP contribution in [-0.2, 0) is 11.2 Å². The van der Waals surface area contributed by atoms with Crippen molar-refractivity contribution >= 4 is 16.7 Å². The van der Waals surface area contributed by atoms with Crippen molar-refractivity contribution in [2.45, 2.75) is 6.42 Å². The van der Waals surface area contributed by atoms with Crippen LogP contribution in [0.25, 0.3) is 21.9 Å². The summed E-state index contributed by atoms with van der Waals surface area (Å²) in [6, 6.07) is 28.6. The first-order valence-electron chi connectivity index (χ1n) is 9.51. The zero-order valence-corrected chi connectivity index (χ0v) is 16.5. The van der Waals surface area contributed by atoms with Crippen LogP contribution < -0.4 is 4.74 Å². The quantitative estimate of drug-likeness (QED) is 0.404. The van der Waals surface area contributed by atoms with Crippen molar-refractivity contribution in [2.75, 3.05) is 14.2 Å². The second-order valence-electron chi connectivity index (χ2n) is 6.96. The zero-order valence-electron chi connectivity index (χ0n) is 16.5. The van der Waals surface area contributed by atoms with E-state index in [0.717, 1.165) is 39.6 Å². The molecule has 3 nitrogen and oxygen atoms in total. The minimum absolute atomic E-state index is 0.323. The fourth-order valence-electron chi connectivity index (χ4n) is 3.58. The number of methoxy groups -OCH3 is 2. The third-order valence-electron chi connectivity index (χ3n) is 5.11. The van der Waals surface area contributed by atoms with Gasteiger partial charge in [0.1, 0.15) is 5.75 Å². The fourth-order valence-corrected chi connectivity index (χ4v) is 3.58. The number of carbonyl (C=O) groups excluding carboxylic acids is 1. The summed E-state index contributed by atoms with van der Waals surface area (Å²) >= 11 is 0. The minimum Gasteiger partial charge on any atom is -0.496 e. The van der Waals surface area contributed by atoms with Crippen molar-refractivity contribution in [3.8, 4) is 16.9 Å². The van der Waals surface area contributed by atoms with E-state index < -0.39 is 0 Å². The number of carbonyl (C=O) groups is 1. The van der Waals surface area contributed by atoms with Crippen LogP contribution in [-0.4, -0.2) is 20.2 Å². The predicted octanol–water partition coefficient (Wildman–Crippen LogP) is 5.89. The average Bonchev–Trinajstić information content (AvgIpc) is 2.78. The van der Waals surface area contributed by atoms with Crippen LogP contribution in [0, 0.1) is 0 Å². The Morgan fingerprint density at radius 2 is 1.45 bits per heavy atom. The zero-order chi connectivity index (χ0) is 20.2. The lowest BCUT2D eigenvalue weighted by atomic mass is 9.96. The molecular formula is C26H22O3. The Labute approximate surface area is 170 Å². The van der Waals surface area contributed by atoms with Gasteiger partial charge < -0.3 is 9.47 Å². The van der Waals surface area contributed by atoms with Gasteiger partial charge in [-0.15, -0.1) is 0 Å². The molecule has 4 aromatic rings. The lowest BCUT2D eigenvalue weighted by molar-refractivity contribution is 0.0601. The van der Waals surface area contributed by atoms with Crippen molar-refractivity contribution in [2.24, 2.45) is 0 Å². The molecule has 4 aromatic carbocycles. The van der Waals surface area contributed by atoms with Crippen LogP contribution in [0.15, 0.2) is 84.9 Å². The molecule has 4 rings (SSSR count). The Hall–Kier alpha value is -3.59. The summed E-state index contributed by atoms with van der Waals surface area (Å²) in [7, 11) is 3.10. The number of esters is 1. The molecule has 0 bridgehead atoms. The topological polar surface area (TPSA) is 35.5 Å². The van der Waals surface area contributed by atoms with E-state index in [1.54, 1.807) is 13.2 Å². The molecule has 0 aliphatic rings. The molecule has 0 fully saturated rings. The molecule has 144 valence electrons. The van der Waals surface area contributed by atoms with Crippen molar-refractivity contribution in [3.05, 3.63) is 102 Å². The van der Waals surface area contributed by atoms with Gasteiger partial charge in [-0.3, -0.25) is 0 Å². The fraction of sp³-hybridized carbons (Fsp3) is 0.115. The first-order valence-corrected chi connectivity index (χ1v) is 9.51. The van der Waals surface area contributed by atoms with Gasteiger partial charge in [-0.2, -0.15) is 0 Å². The molecule has 0 atom stereocenters. The summed E-state index contributed by atoms with van der Waals surface area (Å²) in [4.78, 5) is 11.8. The third-order valence-corrected chi connectivity index (χ3v) is 5.11. The number of ether oxygens (including phenoxy) is 2. The average molecular weight is 382 g/mol. The second kappa shape index (κ2) is 8.19.